The van der Waals surface area contributed by atoms with Gasteiger partial charge in [0.05, 0.1) is 7.11 Å². The van der Waals surface area contributed by atoms with E-state index in [9.17, 15) is 0 Å². The Morgan fingerprint density at radius 1 is 1.22 bits per heavy atom. The molecule has 1 aliphatic carbocycles. The molecule has 0 bridgehead atoms. The van der Waals surface area contributed by atoms with Crippen molar-refractivity contribution in [3.05, 3.63) is 28.8 Å². The smallest absolute Gasteiger partial charge is 0.122 e. The molecule has 3 heteroatoms. The van der Waals surface area contributed by atoms with Crippen LogP contribution in [0.1, 0.15) is 55.3 Å². The van der Waals surface area contributed by atoms with Crippen LogP contribution in [0.25, 0.3) is 0 Å². The van der Waals surface area contributed by atoms with Crippen molar-refractivity contribution in [1.29, 1.82) is 0 Å². The Bertz CT molecular complexity index is 450. The molecule has 1 saturated carbocycles. The Morgan fingerprint density at radius 3 is 2.28 bits per heavy atom. The van der Waals surface area contributed by atoms with Gasteiger partial charge in [-0.3, -0.25) is 0 Å². The Kier molecular flexibility index (Phi) is 3.39. The van der Waals surface area contributed by atoms with Gasteiger partial charge in [0.1, 0.15) is 5.75 Å². The van der Waals surface area contributed by atoms with Crippen molar-refractivity contribution < 1.29 is 4.74 Å². The molecule has 1 aromatic carbocycles. The monoisotopic (exact) mass is 248 g/mol. The lowest BCUT2D eigenvalue weighted by Gasteiger charge is -2.24. The number of benzene rings is 1. The molecule has 1 aromatic rings. The fourth-order valence-electron chi connectivity index (χ4n) is 2.44. The van der Waals surface area contributed by atoms with Gasteiger partial charge in [0.2, 0.25) is 0 Å². The molecule has 0 heterocycles. The predicted molar refractivity (Wildman–Crippen MR) is 74.9 cm³/mol. The molecular formula is C15H24N2O. The summed E-state index contributed by atoms with van der Waals surface area (Å²) in [5.74, 6) is 1.36. The Labute approximate surface area is 110 Å². The second-order valence-electron chi connectivity index (χ2n) is 5.82. The molecule has 0 radical (unpaired) electrons. The molecule has 0 spiro atoms. The standard InChI is InChI=1S/C15H24N2O/c1-9(2)11-8-12(10(3)7-13(11)18-4)14(16)15(17)5-6-15/h7-9,14H,5-6,16-17H2,1-4H3. The quantitative estimate of drug-likeness (QED) is 0.861. The fraction of sp³-hybridized carbons (Fsp3) is 0.600. The molecule has 0 aromatic heterocycles. The van der Waals surface area contributed by atoms with Crippen molar-refractivity contribution in [3.8, 4) is 5.75 Å². The highest BCUT2D eigenvalue weighted by Gasteiger charge is 2.45. The average Bonchev–Trinajstić information content (AvgIpc) is 3.07. The van der Waals surface area contributed by atoms with Crippen LogP contribution >= 0.6 is 0 Å². The van der Waals surface area contributed by atoms with Gasteiger partial charge >= 0.3 is 0 Å². The van der Waals surface area contributed by atoms with Crippen molar-refractivity contribution >= 4 is 0 Å². The van der Waals surface area contributed by atoms with E-state index in [0.29, 0.717) is 5.92 Å². The third-order valence-electron chi connectivity index (χ3n) is 4.02. The summed E-state index contributed by atoms with van der Waals surface area (Å²) in [5.41, 5.74) is 15.9. The van der Waals surface area contributed by atoms with Crippen LogP contribution in [0.5, 0.6) is 5.75 Å². The van der Waals surface area contributed by atoms with Crippen LogP contribution in [-0.4, -0.2) is 12.6 Å². The molecule has 2 rings (SSSR count). The minimum Gasteiger partial charge on any atom is -0.496 e. The number of aryl methyl sites for hydroxylation is 1. The second kappa shape index (κ2) is 4.56. The van der Waals surface area contributed by atoms with Gasteiger partial charge < -0.3 is 16.2 Å². The van der Waals surface area contributed by atoms with E-state index in [1.807, 2.05) is 0 Å². The van der Waals surface area contributed by atoms with E-state index >= 15 is 0 Å². The topological polar surface area (TPSA) is 61.3 Å². The van der Waals surface area contributed by atoms with Gasteiger partial charge in [-0.05, 0) is 54.5 Å². The van der Waals surface area contributed by atoms with Gasteiger partial charge in [-0.15, -0.1) is 0 Å². The van der Waals surface area contributed by atoms with Crippen molar-refractivity contribution in [2.75, 3.05) is 7.11 Å². The molecule has 0 amide bonds. The normalized spacial score (nSPS) is 18.8. The van der Waals surface area contributed by atoms with Gasteiger partial charge in [-0.1, -0.05) is 13.8 Å². The zero-order valence-corrected chi connectivity index (χ0v) is 11.8. The second-order valence-corrected chi connectivity index (χ2v) is 5.82. The van der Waals surface area contributed by atoms with Gasteiger partial charge in [0.15, 0.2) is 0 Å². The van der Waals surface area contributed by atoms with E-state index in [0.717, 1.165) is 18.6 Å². The maximum Gasteiger partial charge on any atom is 0.122 e. The summed E-state index contributed by atoms with van der Waals surface area (Å²) >= 11 is 0. The van der Waals surface area contributed by atoms with Gasteiger partial charge in [0, 0.05) is 11.6 Å². The van der Waals surface area contributed by atoms with Gasteiger partial charge in [0.25, 0.3) is 0 Å². The van der Waals surface area contributed by atoms with Gasteiger partial charge in [-0.25, -0.2) is 0 Å². The van der Waals surface area contributed by atoms with Gasteiger partial charge in [-0.2, -0.15) is 0 Å². The summed E-state index contributed by atoms with van der Waals surface area (Å²) in [5, 5.41) is 0. The van der Waals surface area contributed by atoms with Crippen LogP contribution < -0.4 is 16.2 Å². The third-order valence-corrected chi connectivity index (χ3v) is 4.02. The summed E-state index contributed by atoms with van der Waals surface area (Å²) in [6.45, 7) is 6.41. The summed E-state index contributed by atoms with van der Waals surface area (Å²) < 4.78 is 5.45. The predicted octanol–water partition coefficient (Wildman–Crippen LogP) is 2.62. The summed E-state index contributed by atoms with van der Waals surface area (Å²) in [7, 11) is 1.71. The lowest BCUT2D eigenvalue weighted by atomic mass is 9.90. The number of methoxy groups -OCH3 is 1. The average molecular weight is 248 g/mol. The highest BCUT2D eigenvalue weighted by molar-refractivity contribution is 5.46. The molecule has 18 heavy (non-hydrogen) atoms. The van der Waals surface area contributed by atoms with Crippen molar-refractivity contribution in [2.45, 2.75) is 51.1 Å². The molecule has 0 aliphatic heterocycles. The fourth-order valence-corrected chi connectivity index (χ4v) is 2.44. The van der Waals surface area contributed by atoms with E-state index < -0.39 is 0 Å². The summed E-state index contributed by atoms with van der Waals surface area (Å²) in [6, 6.07) is 4.19. The first-order valence-corrected chi connectivity index (χ1v) is 6.62. The number of hydrogen-bond acceptors (Lipinski definition) is 3. The third kappa shape index (κ3) is 2.25. The molecule has 1 aliphatic rings. The van der Waals surface area contributed by atoms with Crippen LogP contribution in [-0.2, 0) is 0 Å². The highest BCUT2D eigenvalue weighted by Crippen LogP contribution is 2.44. The number of ether oxygens (including phenoxy) is 1. The van der Waals surface area contributed by atoms with E-state index in [-0.39, 0.29) is 11.6 Å². The minimum atomic E-state index is -0.187. The van der Waals surface area contributed by atoms with Crippen LogP contribution in [0.15, 0.2) is 12.1 Å². The molecule has 0 saturated heterocycles. The molecule has 3 nitrogen and oxygen atoms in total. The van der Waals surface area contributed by atoms with Crippen LogP contribution in [0.3, 0.4) is 0 Å². The lowest BCUT2D eigenvalue weighted by Crippen LogP contribution is -2.36. The number of hydrogen-bond donors (Lipinski definition) is 2. The maximum atomic E-state index is 6.33. The van der Waals surface area contributed by atoms with E-state index in [4.69, 9.17) is 16.2 Å². The molecule has 1 atom stereocenters. The Balaban J connectivity index is 2.44. The first kappa shape index (κ1) is 13.4. The largest absolute Gasteiger partial charge is 0.496 e. The van der Waals surface area contributed by atoms with Crippen LogP contribution in [0.4, 0.5) is 0 Å². The zero-order valence-electron chi connectivity index (χ0n) is 11.8. The Hall–Kier alpha value is -1.06. The highest BCUT2D eigenvalue weighted by atomic mass is 16.5. The first-order valence-electron chi connectivity index (χ1n) is 6.62. The summed E-state index contributed by atoms with van der Waals surface area (Å²) in [6.07, 6.45) is 2.05. The van der Waals surface area contributed by atoms with Crippen molar-refractivity contribution in [3.63, 3.8) is 0 Å². The minimum absolute atomic E-state index is 0.0686. The number of rotatable bonds is 4. The lowest BCUT2D eigenvalue weighted by molar-refractivity contribution is 0.406. The summed E-state index contributed by atoms with van der Waals surface area (Å²) in [4.78, 5) is 0. The number of nitrogens with two attached hydrogens (primary N) is 2. The van der Waals surface area contributed by atoms with Crippen LogP contribution in [0, 0.1) is 6.92 Å². The SMILES string of the molecule is COc1cc(C)c(C(N)C2(N)CC2)cc1C(C)C. The van der Waals surface area contributed by atoms with E-state index in [1.54, 1.807) is 7.11 Å². The zero-order chi connectivity index (χ0) is 13.5. The molecule has 4 N–H and O–H groups in total. The maximum absolute atomic E-state index is 6.33. The van der Waals surface area contributed by atoms with Crippen molar-refractivity contribution in [2.24, 2.45) is 11.5 Å². The van der Waals surface area contributed by atoms with Crippen molar-refractivity contribution in [1.82, 2.24) is 0 Å². The molecule has 1 fully saturated rings. The van der Waals surface area contributed by atoms with E-state index in [2.05, 4.69) is 32.9 Å². The molecule has 100 valence electrons. The molecular weight excluding hydrogens is 224 g/mol. The molecule has 1 unspecified atom stereocenters. The Morgan fingerprint density at radius 2 is 1.83 bits per heavy atom. The first-order chi connectivity index (χ1) is 8.39. The van der Waals surface area contributed by atoms with Crippen LogP contribution in [0.2, 0.25) is 0 Å². The van der Waals surface area contributed by atoms with E-state index in [1.165, 1.54) is 16.7 Å².